The van der Waals surface area contributed by atoms with E-state index in [9.17, 15) is 0 Å². The van der Waals surface area contributed by atoms with Gasteiger partial charge in [0.05, 0.1) is 0 Å². The molecule has 0 radical (unpaired) electrons. The first kappa shape index (κ1) is 10.8. The second-order valence-electron chi connectivity index (χ2n) is 2.17. The van der Waals surface area contributed by atoms with Gasteiger partial charge >= 0.3 is 0 Å². The molecule has 0 aliphatic carbocycles. The first-order chi connectivity index (χ1) is 4.84. The minimum Gasteiger partial charge on any atom is -0.330 e. The van der Waals surface area contributed by atoms with Gasteiger partial charge in [-0.1, -0.05) is 18.2 Å². The molecule has 0 unspecified atom stereocenters. The Labute approximate surface area is 78.8 Å². The van der Waals surface area contributed by atoms with Crippen LogP contribution in [-0.4, -0.2) is 6.54 Å². The molecule has 62 valence electrons. The summed E-state index contributed by atoms with van der Waals surface area (Å²) in [5.74, 6) is 0. The summed E-state index contributed by atoms with van der Waals surface area (Å²) in [4.78, 5) is 1.04. The van der Waals surface area contributed by atoms with Gasteiger partial charge in [-0.2, -0.15) is 0 Å². The molecule has 3 heteroatoms. The van der Waals surface area contributed by atoms with E-state index in [0.29, 0.717) is 6.54 Å². The van der Waals surface area contributed by atoms with E-state index in [1.54, 1.807) is 0 Å². The van der Waals surface area contributed by atoms with Gasteiger partial charge < -0.3 is 5.73 Å². The van der Waals surface area contributed by atoms with E-state index in [1.165, 1.54) is 5.56 Å². The largest absolute Gasteiger partial charge is 0.330 e. The average Bonchev–Trinajstić information content (AvgIpc) is 1.94. The van der Waals surface area contributed by atoms with E-state index < -0.39 is 0 Å². The van der Waals surface area contributed by atoms with Crippen LogP contribution in [0, 0.1) is 0 Å². The highest BCUT2D eigenvalue weighted by atomic mass is 35.5. The zero-order valence-electron chi connectivity index (χ0n) is 6.16. The summed E-state index contributed by atoms with van der Waals surface area (Å²) >= 11 is 4.28. The third kappa shape index (κ3) is 3.14. The Morgan fingerprint density at radius 1 is 1.27 bits per heavy atom. The highest BCUT2D eigenvalue weighted by Gasteiger charge is 1.93. The molecule has 0 amide bonds. The van der Waals surface area contributed by atoms with Crippen molar-refractivity contribution in [1.82, 2.24) is 0 Å². The maximum absolute atomic E-state index is 5.40. The predicted octanol–water partition coefficient (Wildman–Crippen LogP) is 1.90. The standard InChI is InChI=1S/C8H11NS.ClH/c9-6-5-7-3-1-2-4-8(7)10;/h1-4,10H,5-6,9H2;1H. The molecule has 1 aromatic carbocycles. The van der Waals surface area contributed by atoms with Crippen LogP contribution in [0.2, 0.25) is 0 Å². The average molecular weight is 190 g/mol. The lowest BCUT2D eigenvalue weighted by atomic mass is 10.1. The van der Waals surface area contributed by atoms with Crippen molar-refractivity contribution in [3.05, 3.63) is 29.8 Å². The minimum atomic E-state index is 0. The normalized spacial score (nSPS) is 8.91. The molecule has 0 saturated carbocycles. The van der Waals surface area contributed by atoms with E-state index in [1.807, 2.05) is 18.2 Å². The fraction of sp³-hybridized carbons (Fsp3) is 0.250. The number of nitrogens with two attached hydrogens (primary N) is 1. The molecule has 11 heavy (non-hydrogen) atoms. The summed E-state index contributed by atoms with van der Waals surface area (Å²) in [7, 11) is 0. The summed E-state index contributed by atoms with van der Waals surface area (Å²) in [5, 5.41) is 0. The molecule has 0 aliphatic heterocycles. The predicted molar refractivity (Wildman–Crippen MR) is 53.7 cm³/mol. The second kappa shape index (κ2) is 5.47. The highest BCUT2D eigenvalue weighted by Crippen LogP contribution is 2.12. The van der Waals surface area contributed by atoms with Crippen molar-refractivity contribution in [1.29, 1.82) is 0 Å². The first-order valence-corrected chi connectivity index (χ1v) is 3.76. The molecule has 2 N–H and O–H groups in total. The summed E-state index contributed by atoms with van der Waals surface area (Å²) in [5.41, 5.74) is 6.63. The lowest BCUT2D eigenvalue weighted by Crippen LogP contribution is -2.02. The van der Waals surface area contributed by atoms with Crippen LogP contribution in [-0.2, 0) is 6.42 Å². The molecule has 0 fully saturated rings. The van der Waals surface area contributed by atoms with Crippen LogP contribution in [0.4, 0.5) is 0 Å². The quantitative estimate of drug-likeness (QED) is 0.683. The zero-order chi connectivity index (χ0) is 7.40. The Morgan fingerprint density at radius 2 is 1.91 bits per heavy atom. The summed E-state index contributed by atoms with van der Waals surface area (Å²) in [6.45, 7) is 0.692. The SMILES string of the molecule is Cl.NCCc1ccccc1S. The fourth-order valence-corrected chi connectivity index (χ4v) is 1.15. The monoisotopic (exact) mass is 189 g/mol. The maximum Gasteiger partial charge on any atom is 0.00725 e. The summed E-state index contributed by atoms with van der Waals surface area (Å²) in [6, 6.07) is 8.01. The van der Waals surface area contributed by atoms with E-state index >= 15 is 0 Å². The number of halogens is 1. The Balaban J connectivity index is 0.000001000. The third-order valence-electron chi connectivity index (χ3n) is 1.41. The van der Waals surface area contributed by atoms with Crippen molar-refractivity contribution in [2.75, 3.05) is 6.54 Å². The molecular weight excluding hydrogens is 178 g/mol. The van der Waals surface area contributed by atoms with Crippen molar-refractivity contribution < 1.29 is 0 Å². The van der Waals surface area contributed by atoms with E-state index in [-0.39, 0.29) is 12.4 Å². The van der Waals surface area contributed by atoms with E-state index in [0.717, 1.165) is 11.3 Å². The Morgan fingerprint density at radius 3 is 2.45 bits per heavy atom. The maximum atomic E-state index is 5.40. The minimum absolute atomic E-state index is 0. The zero-order valence-corrected chi connectivity index (χ0v) is 7.87. The number of thiol groups is 1. The van der Waals surface area contributed by atoms with Crippen molar-refractivity contribution in [3.8, 4) is 0 Å². The van der Waals surface area contributed by atoms with Crippen LogP contribution >= 0.6 is 25.0 Å². The summed E-state index contributed by atoms with van der Waals surface area (Å²) < 4.78 is 0. The molecule has 0 saturated heterocycles. The van der Waals surface area contributed by atoms with Crippen LogP contribution in [0.1, 0.15) is 5.56 Å². The van der Waals surface area contributed by atoms with Crippen molar-refractivity contribution >= 4 is 25.0 Å². The van der Waals surface area contributed by atoms with Gasteiger partial charge in [0.25, 0.3) is 0 Å². The molecule has 1 nitrogen and oxygen atoms in total. The molecule has 0 aromatic heterocycles. The molecule has 1 rings (SSSR count). The molecule has 1 aromatic rings. The van der Waals surface area contributed by atoms with Gasteiger partial charge in [-0.3, -0.25) is 0 Å². The van der Waals surface area contributed by atoms with E-state index in [4.69, 9.17) is 5.73 Å². The topological polar surface area (TPSA) is 26.0 Å². The molecule has 0 spiro atoms. The number of benzene rings is 1. The Hall–Kier alpha value is -0.180. The molecular formula is C8H12ClNS. The van der Waals surface area contributed by atoms with Gasteiger partial charge in [0, 0.05) is 4.90 Å². The van der Waals surface area contributed by atoms with Gasteiger partial charge in [-0.15, -0.1) is 25.0 Å². The van der Waals surface area contributed by atoms with Gasteiger partial charge in [-0.25, -0.2) is 0 Å². The van der Waals surface area contributed by atoms with Crippen LogP contribution < -0.4 is 5.73 Å². The smallest absolute Gasteiger partial charge is 0.00725 e. The lowest BCUT2D eigenvalue weighted by molar-refractivity contribution is 0.946. The first-order valence-electron chi connectivity index (χ1n) is 3.31. The fourth-order valence-electron chi connectivity index (χ4n) is 0.878. The number of rotatable bonds is 2. The number of hydrogen-bond donors (Lipinski definition) is 2. The third-order valence-corrected chi connectivity index (χ3v) is 1.84. The van der Waals surface area contributed by atoms with Crippen LogP contribution in [0.15, 0.2) is 29.2 Å². The van der Waals surface area contributed by atoms with Crippen molar-refractivity contribution in [2.24, 2.45) is 5.73 Å². The molecule has 0 heterocycles. The van der Waals surface area contributed by atoms with E-state index in [2.05, 4.69) is 18.7 Å². The molecule has 0 bridgehead atoms. The summed E-state index contributed by atoms with van der Waals surface area (Å²) in [6.07, 6.45) is 0.916. The molecule has 0 atom stereocenters. The lowest BCUT2D eigenvalue weighted by Gasteiger charge is -2.00. The van der Waals surface area contributed by atoms with Gasteiger partial charge in [0.1, 0.15) is 0 Å². The Bertz CT molecular complexity index is 215. The van der Waals surface area contributed by atoms with Gasteiger partial charge in [0.15, 0.2) is 0 Å². The van der Waals surface area contributed by atoms with Gasteiger partial charge in [-0.05, 0) is 24.6 Å². The number of hydrogen-bond acceptors (Lipinski definition) is 2. The second-order valence-corrected chi connectivity index (χ2v) is 2.65. The van der Waals surface area contributed by atoms with Crippen LogP contribution in [0.3, 0.4) is 0 Å². The highest BCUT2D eigenvalue weighted by molar-refractivity contribution is 7.80. The van der Waals surface area contributed by atoms with Crippen LogP contribution in [0.5, 0.6) is 0 Å². The Kier molecular flexibility index (Phi) is 5.38. The molecule has 0 aliphatic rings. The van der Waals surface area contributed by atoms with Crippen molar-refractivity contribution in [2.45, 2.75) is 11.3 Å². The van der Waals surface area contributed by atoms with Gasteiger partial charge in [0.2, 0.25) is 0 Å². The van der Waals surface area contributed by atoms with Crippen LogP contribution in [0.25, 0.3) is 0 Å². The van der Waals surface area contributed by atoms with Crippen molar-refractivity contribution in [3.63, 3.8) is 0 Å².